The van der Waals surface area contributed by atoms with Crippen molar-refractivity contribution in [1.82, 2.24) is 0 Å². The Bertz CT molecular complexity index is 297. The third-order valence-corrected chi connectivity index (χ3v) is 2.74. The summed E-state index contributed by atoms with van der Waals surface area (Å²) in [6, 6.07) is 1.97. The molecule has 0 aliphatic heterocycles. The molecule has 0 spiro atoms. The maximum atomic E-state index is 10.5. The lowest BCUT2D eigenvalue weighted by Gasteiger charge is -1.90. The average molecular weight is 180 g/mol. The molecule has 0 unspecified atom stereocenters. The van der Waals surface area contributed by atoms with Crippen LogP contribution in [0.2, 0.25) is 0 Å². The van der Waals surface area contributed by atoms with Crippen LogP contribution in [0.5, 0.6) is 0 Å². The number of hydrogen-bond acceptors (Lipinski definition) is 2. The van der Waals surface area contributed by atoms with Crippen molar-refractivity contribution in [3.05, 3.63) is 27.5 Å². The molecular formula is C10H12OS. The third-order valence-electron chi connectivity index (χ3n) is 1.68. The van der Waals surface area contributed by atoms with Crippen LogP contribution in [0.25, 0.3) is 6.08 Å². The molecule has 1 aromatic heterocycles. The van der Waals surface area contributed by atoms with Gasteiger partial charge in [-0.1, -0.05) is 13.0 Å². The molecular weight excluding hydrogens is 168 g/mol. The van der Waals surface area contributed by atoms with Crippen molar-refractivity contribution < 1.29 is 4.79 Å². The summed E-state index contributed by atoms with van der Waals surface area (Å²) in [7, 11) is 0. The summed E-state index contributed by atoms with van der Waals surface area (Å²) in [6.07, 6.45) is 5.96. The van der Waals surface area contributed by atoms with Crippen LogP contribution in [-0.4, -0.2) is 6.29 Å². The molecule has 1 heterocycles. The van der Waals surface area contributed by atoms with Gasteiger partial charge in [0.15, 0.2) is 6.29 Å². The number of allylic oxidation sites excluding steroid dienone is 1. The summed E-state index contributed by atoms with van der Waals surface area (Å²) in [4.78, 5) is 12.5. The lowest BCUT2D eigenvalue weighted by atomic mass is 10.2. The molecule has 1 rings (SSSR count). The van der Waals surface area contributed by atoms with Gasteiger partial charge in [-0.3, -0.25) is 4.79 Å². The lowest BCUT2D eigenvalue weighted by Crippen LogP contribution is -1.76. The molecule has 64 valence electrons. The van der Waals surface area contributed by atoms with Crippen LogP contribution in [0.4, 0.5) is 0 Å². The summed E-state index contributed by atoms with van der Waals surface area (Å²) in [6.45, 7) is 4.09. The Labute approximate surface area is 76.7 Å². The van der Waals surface area contributed by atoms with Gasteiger partial charge in [-0.2, -0.15) is 0 Å². The molecule has 12 heavy (non-hydrogen) atoms. The fourth-order valence-corrected chi connectivity index (χ4v) is 2.13. The van der Waals surface area contributed by atoms with Gasteiger partial charge in [-0.15, -0.1) is 11.3 Å². The van der Waals surface area contributed by atoms with Crippen LogP contribution in [0.3, 0.4) is 0 Å². The van der Waals surface area contributed by atoms with Gasteiger partial charge in [0.2, 0.25) is 0 Å². The Morgan fingerprint density at radius 1 is 1.58 bits per heavy atom. The maximum Gasteiger partial charge on any atom is 0.160 e. The van der Waals surface area contributed by atoms with E-state index < -0.39 is 0 Å². The van der Waals surface area contributed by atoms with Gasteiger partial charge in [-0.25, -0.2) is 0 Å². The number of aryl methyl sites for hydroxylation is 1. The predicted octanol–water partition coefficient (Wildman–Crippen LogP) is 3.16. The molecule has 0 bridgehead atoms. The molecule has 0 fully saturated rings. The molecule has 0 aliphatic rings. The SMILES string of the molecule is C/C=C\c1sc(C=O)cc1CC. The smallest absolute Gasteiger partial charge is 0.160 e. The van der Waals surface area contributed by atoms with Gasteiger partial charge in [-0.05, 0) is 31.1 Å². The predicted molar refractivity (Wildman–Crippen MR) is 53.8 cm³/mol. The minimum Gasteiger partial charge on any atom is -0.297 e. The van der Waals surface area contributed by atoms with Gasteiger partial charge in [0.25, 0.3) is 0 Å². The molecule has 1 aromatic rings. The minimum atomic E-state index is 0.819. The van der Waals surface area contributed by atoms with Gasteiger partial charge < -0.3 is 0 Å². The Kier molecular flexibility index (Phi) is 3.23. The van der Waals surface area contributed by atoms with Crippen molar-refractivity contribution in [1.29, 1.82) is 0 Å². The highest BCUT2D eigenvalue weighted by Crippen LogP contribution is 2.23. The molecule has 0 saturated carbocycles. The topological polar surface area (TPSA) is 17.1 Å². The quantitative estimate of drug-likeness (QED) is 0.653. The number of carbonyl (C=O) groups excluding carboxylic acids is 1. The second-order valence-corrected chi connectivity index (χ2v) is 3.63. The number of hydrogen-bond donors (Lipinski definition) is 0. The molecule has 0 radical (unpaired) electrons. The summed E-state index contributed by atoms with van der Waals surface area (Å²) >= 11 is 1.55. The highest BCUT2D eigenvalue weighted by atomic mass is 32.1. The van der Waals surface area contributed by atoms with Gasteiger partial charge in [0, 0.05) is 4.88 Å². The fraction of sp³-hybridized carbons (Fsp3) is 0.300. The molecule has 0 N–H and O–H groups in total. The highest BCUT2D eigenvalue weighted by molar-refractivity contribution is 7.14. The zero-order valence-electron chi connectivity index (χ0n) is 7.33. The molecule has 0 aromatic carbocycles. The van der Waals surface area contributed by atoms with Gasteiger partial charge >= 0.3 is 0 Å². The summed E-state index contributed by atoms with van der Waals surface area (Å²) in [5, 5.41) is 0. The van der Waals surface area contributed by atoms with Crippen molar-refractivity contribution >= 4 is 23.7 Å². The van der Waals surface area contributed by atoms with E-state index in [1.54, 1.807) is 11.3 Å². The van der Waals surface area contributed by atoms with E-state index in [1.165, 1.54) is 10.4 Å². The second-order valence-electron chi connectivity index (χ2n) is 2.51. The number of rotatable bonds is 3. The van der Waals surface area contributed by atoms with Crippen molar-refractivity contribution in [3.63, 3.8) is 0 Å². The number of carbonyl (C=O) groups is 1. The number of aldehydes is 1. The van der Waals surface area contributed by atoms with E-state index in [2.05, 4.69) is 13.0 Å². The van der Waals surface area contributed by atoms with E-state index >= 15 is 0 Å². The Morgan fingerprint density at radius 2 is 2.33 bits per heavy atom. The molecule has 0 amide bonds. The summed E-state index contributed by atoms with van der Waals surface area (Å²) in [5.74, 6) is 0. The first-order chi connectivity index (χ1) is 5.81. The van der Waals surface area contributed by atoms with E-state index in [4.69, 9.17) is 0 Å². The normalized spacial score (nSPS) is 10.8. The van der Waals surface area contributed by atoms with Gasteiger partial charge in [0.05, 0.1) is 4.88 Å². The monoisotopic (exact) mass is 180 g/mol. The fourth-order valence-electron chi connectivity index (χ4n) is 1.09. The molecule has 0 aliphatic carbocycles. The molecule has 2 heteroatoms. The first-order valence-corrected chi connectivity index (χ1v) is 4.84. The van der Waals surface area contributed by atoms with Crippen molar-refractivity contribution in [2.75, 3.05) is 0 Å². The molecule has 1 nitrogen and oxygen atoms in total. The largest absolute Gasteiger partial charge is 0.297 e. The minimum absolute atomic E-state index is 0.819. The van der Waals surface area contributed by atoms with E-state index in [0.29, 0.717) is 0 Å². The maximum absolute atomic E-state index is 10.5. The van der Waals surface area contributed by atoms with Crippen molar-refractivity contribution in [2.24, 2.45) is 0 Å². The van der Waals surface area contributed by atoms with Crippen LogP contribution in [0, 0.1) is 0 Å². The van der Waals surface area contributed by atoms with Crippen LogP contribution >= 0.6 is 11.3 Å². The Balaban J connectivity index is 3.07. The average Bonchev–Trinajstić information content (AvgIpc) is 2.48. The van der Waals surface area contributed by atoms with Crippen LogP contribution in [0.15, 0.2) is 12.1 Å². The van der Waals surface area contributed by atoms with Crippen LogP contribution < -0.4 is 0 Å². The first-order valence-electron chi connectivity index (χ1n) is 4.02. The molecule has 0 saturated heterocycles. The lowest BCUT2D eigenvalue weighted by molar-refractivity contribution is 0.112. The second kappa shape index (κ2) is 4.21. The Hall–Kier alpha value is -0.890. The third kappa shape index (κ3) is 1.83. The van der Waals surface area contributed by atoms with Crippen molar-refractivity contribution in [3.8, 4) is 0 Å². The van der Waals surface area contributed by atoms with E-state index in [0.717, 1.165) is 17.6 Å². The van der Waals surface area contributed by atoms with E-state index in [9.17, 15) is 4.79 Å². The summed E-state index contributed by atoms with van der Waals surface area (Å²) in [5.41, 5.74) is 1.26. The van der Waals surface area contributed by atoms with Crippen LogP contribution in [-0.2, 0) is 6.42 Å². The van der Waals surface area contributed by atoms with E-state index in [1.807, 2.05) is 19.1 Å². The molecule has 0 atom stereocenters. The first kappa shape index (κ1) is 9.20. The van der Waals surface area contributed by atoms with E-state index in [-0.39, 0.29) is 0 Å². The van der Waals surface area contributed by atoms with Gasteiger partial charge in [0.1, 0.15) is 0 Å². The zero-order chi connectivity index (χ0) is 8.97. The Morgan fingerprint density at radius 3 is 2.83 bits per heavy atom. The summed E-state index contributed by atoms with van der Waals surface area (Å²) < 4.78 is 0. The standard InChI is InChI=1S/C10H12OS/c1-3-5-10-8(4-2)6-9(7-11)12-10/h3,5-7H,4H2,1-2H3/b5-3-. The highest BCUT2D eigenvalue weighted by Gasteiger charge is 2.03. The zero-order valence-corrected chi connectivity index (χ0v) is 8.15. The van der Waals surface area contributed by atoms with Crippen molar-refractivity contribution in [2.45, 2.75) is 20.3 Å². The van der Waals surface area contributed by atoms with Crippen LogP contribution in [0.1, 0.15) is 34.0 Å². The number of thiophene rings is 1.